The Kier molecular flexibility index (Phi) is 5.72. The summed E-state index contributed by atoms with van der Waals surface area (Å²) in [5.41, 5.74) is 5.08. The molecule has 2 atom stereocenters. The zero-order chi connectivity index (χ0) is 22.2. The molecule has 3 heterocycles. The number of aromatic nitrogens is 2. The van der Waals surface area contributed by atoms with Crippen molar-refractivity contribution in [2.24, 2.45) is 0 Å². The van der Waals surface area contributed by atoms with E-state index in [0.717, 1.165) is 5.69 Å². The van der Waals surface area contributed by atoms with Gasteiger partial charge in [-0.05, 0) is 74.8 Å². The van der Waals surface area contributed by atoms with Crippen molar-refractivity contribution in [3.05, 3.63) is 83.2 Å². The van der Waals surface area contributed by atoms with Crippen LogP contribution in [0.2, 0.25) is 0 Å². The van der Waals surface area contributed by atoms with Crippen molar-refractivity contribution in [1.82, 2.24) is 14.9 Å². The predicted molar refractivity (Wildman–Crippen MR) is 130 cm³/mol. The van der Waals surface area contributed by atoms with Crippen molar-refractivity contribution in [1.29, 1.82) is 0 Å². The van der Waals surface area contributed by atoms with E-state index in [2.05, 4.69) is 34.8 Å². The third kappa shape index (κ3) is 3.60. The Bertz CT molecular complexity index is 1120. The van der Waals surface area contributed by atoms with E-state index in [4.69, 9.17) is 12.2 Å². The number of hydrogen-bond acceptors (Lipinski definition) is 2. The second-order valence-electron chi connectivity index (χ2n) is 8.94. The average molecular weight is 449 g/mol. The van der Waals surface area contributed by atoms with Gasteiger partial charge in [0.15, 0.2) is 5.11 Å². The van der Waals surface area contributed by atoms with Crippen LogP contribution in [0.4, 0.5) is 10.1 Å². The first-order valence-corrected chi connectivity index (χ1v) is 11.9. The molecule has 2 aliphatic rings. The Balaban J connectivity index is 1.65. The fourth-order valence-electron chi connectivity index (χ4n) is 5.58. The van der Waals surface area contributed by atoms with Crippen LogP contribution in [0, 0.1) is 19.7 Å². The van der Waals surface area contributed by atoms with Gasteiger partial charge < -0.3 is 14.8 Å². The smallest absolute Gasteiger partial charge is 0.174 e. The summed E-state index contributed by atoms with van der Waals surface area (Å²) in [4.78, 5) is 6.56. The first kappa shape index (κ1) is 21.1. The van der Waals surface area contributed by atoms with E-state index < -0.39 is 0 Å². The molecular weight excluding hydrogens is 419 g/mol. The Morgan fingerprint density at radius 3 is 2.50 bits per heavy atom. The van der Waals surface area contributed by atoms with Gasteiger partial charge in [-0.2, -0.15) is 0 Å². The van der Waals surface area contributed by atoms with Crippen LogP contribution >= 0.6 is 12.2 Å². The fourth-order valence-corrected chi connectivity index (χ4v) is 5.92. The molecule has 0 radical (unpaired) electrons. The molecule has 0 amide bonds. The summed E-state index contributed by atoms with van der Waals surface area (Å²) in [6, 6.07) is 15.2. The van der Waals surface area contributed by atoms with E-state index in [1.807, 2.05) is 29.2 Å². The Hall–Kier alpha value is -2.73. The second kappa shape index (κ2) is 8.66. The number of anilines is 1. The summed E-state index contributed by atoms with van der Waals surface area (Å²) in [5, 5.41) is 3.98. The molecule has 1 saturated heterocycles. The SMILES string of the molecule is Cc1cc([C@H]2[C@H](c3ccccn3)NC(=S)N2c2ccccc2F)c(C)n1C1CCCCC1. The highest BCUT2D eigenvalue weighted by atomic mass is 32.1. The third-order valence-electron chi connectivity index (χ3n) is 6.99. The molecule has 2 aromatic heterocycles. The van der Waals surface area contributed by atoms with E-state index in [1.54, 1.807) is 18.3 Å². The molecule has 1 aromatic carbocycles. The van der Waals surface area contributed by atoms with E-state index in [-0.39, 0.29) is 17.9 Å². The Labute approximate surface area is 194 Å². The van der Waals surface area contributed by atoms with Crippen molar-refractivity contribution in [3.63, 3.8) is 0 Å². The number of benzene rings is 1. The Morgan fingerprint density at radius 2 is 1.78 bits per heavy atom. The van der Waals surface area contributed by atoms with E-state index >= 15 is 0 Å². The fraction of sp³-hybridized carbons (Fsp3) is 0.385. The molecule has 2 fully saturated rings. The molecule has 1 aliphatic heterocycles. The number of halogens is 1. The molecule has 0 bridgehead atoms. The van der Waals surface area contributed by atoms with Crippen LogP contribution in [-0.4, -0.2) is 14.7 Å². The maximum atomic E-state index is 15.0. The van der Waals surface area contributed by atoms with Crippen molar-refractivity contribution < 1.29 is 4.39 Å². The molecule has 6 heteroatoms. The molecule has 1 N–H and O–H groups in total. The lowest BCUT2D eigenvalue weighted by Gasteiger charge is -2.30. The quantitative estimate of drug-likeness (QED) is 0.474. The van der Waals surface area contributed by atoms with Gasteiger partial charge in [-0.15, -0.1) is 0 Å². The first-order chi connectivity index (χ1) is 15.6. The molecule has 4 nitrogen and oxygen atoms in total. The molecule has 0 spiro atoms. The standard InChI is InChI=1S/C26H29FN4S/c1-17-16-20(18(2)30(17)19-10-4-3-5-11-19)25-24(22-13-8-9-15-28-22)29-26(32)31(25)23-14-7-6-12-21(23)27/h6-9,12-16,19,24-25H,3-5,10-11H2,1-2H3,(H,29,32)/t24-,25-/m0/s1. The summed E-state index contributed by atoms with van der Waals surface area (Å²) < 4.78 is 17.5. The zero-order valence-electron chi connectivity index (χ0n) is 18.6. The number of nitrogens with one attached hydrogen (secondary N) is 1. The zero-order valence-corrected chi connectivity index (χ0v) is 19.4. The highest BCUT2D eigenvalue weighted by Gasteiger charge is 2.43. The van der Waals surface area contributed by atoms with Crippen LogP contribution in [0.15, 0.2) is 54.7 Å². The summed E-state index contributed by atoms with van der Waals surface area (Å²) in [6.45, 7) is 4.39. The number of aryl methyl sites for hydroxylation is 1. The molecule has 0 unspecified atom stereocenters. The largest absolute Gasteiger partial charge is 0.351 e. The molecule has 1 saturated carbocycles. The van der Waals surface area contributed by atoms with Crippen LogP contribution in [0.5, 0.6) is 0 Å². The number of nitrogens with zero attached hydrogens (tertiary/aromatic N) is 3. The molecule has 5 rings (SSSR count). The van der Waals surface area contributed by atoms with Gasteiger partial charge in [-0.3, -0.25) is 4.98 Å². The lowest BCUT2D eigenvalue weighted by Crippen LogP contribution is -2.30. The van der Waals surface area contributed by atoms with Crippen molar-refractivity contribution in [2.45, 2.75) is 64.1 Å². The molecule has 32 heavy (non-hydrogen) atoms. The van der Waals surface area contributed by atoms with Gasteiger partial charge in [0.25, 0.3) is 0 Å². The summed E-state index contributed by atoms with van der Waals surface area (Å²) in [5.74, 6) is -0.274. The van der Waals surface area contributed by atoms with Crippen molar-refractivity contribution in [3.8, 4) is 0 Å². The monoisotopic (exact) mass is 448 g/mol. The van der Waals surface area contributed by atoms with Gasteiger partial charge in [0, 0.05) is 23.6 Å². The molecular formula is C26H29FN4S. The normalized spacial score (nSPS) is 21.7. The minimum atomic E-state index is -0.274. The molecule has 1 aliphatic carbocycles. The van der Waals surface area contributed by atoms with Crippen LogP contribution in [-0.2, 0) is 0 Å². The summed E-state index contributed by atoms with van der Waals surface area (Å²) in [6.07, 6.45) is 8.13. The number of hydrogen-bond donors (Lipinski definition) is 1. The number of rotatable bonds is 4. The van der Waals surface area contributed by atoms with Gasteiger partial charge in [-0.1, -0.05) is 37.5 Å². The number of para-hydroxylation sites is 1. The molecule has 3 aromatic rings. The lowest BCUT2D eigenvalue weighted by molar-refractivity contribution is 0.345. The van der Waals surface area contributed by atoms with Gasteiger partial charge in [0.1, 0.15) is 5.82 Å². The summed E-state index contributed by atoms with van der Waals surface area (Å²) >= 11 is 5.76. The first-order valence-electron chi connectivity index (χ1n) is 11.5. The van der Waals surface area contributed by atoms with Crippen LogP contribution in [0.3, 0.4) is 0 Å². The van der Waals surface area contributed by atoms with Gasteiger partial charge in [-0.25, -0.2) is 4.39 Å². The maximum absolute atomic E-state index is 15.0. The number of pyridine rings is 1. The highest BCUT2D eigenvalue weighted by molar-refractivity contribution is 7.80. The van der Waals surface area contributed by atoms with E-state index in [1.165, 1.54) is 55.1 Å². The van der Waals surface area contributed by atoms with Gasteiger partial charge in [0.2, 0.25) is 0 Å². The van der Waals surface area contributed by atoms with Crippen LogP contribution < -0.4 is 10.2 Å². The van der Waals surface area contributed by atoms with Crippen molar-refractivity contribution in [2.75, 3.05) is 4.90 Å². The van der Waals surface area contributed by atoms with E-state index in [9.17, 15) is 4.39 Å². The average Bonchev–Trinajstić information content (AvgIpc) is 3.30. The summed E-state index contributed by atoms with van der Waals surface area (Å²) in [7, 11) is 0. The third-order valence-corrected chi connectivity index (χ3v) is 7.31. The topological polar surface area (TPSA) is 33.1 Å². The Morgan fingerprint density at radius 1 is 1.03 bits per heavy atom. The predicted octanol–water partition coefficient (Wildman–Crippen LogP) is 6.32. The van der Waals surface area contributed by atoms with Crippen LogP contribution in [0.25, 0.3) is 0 Å². The second-order valence-corrected chi connectivity index (χ2v) is 9.32. The van der Waals surface area contributed by atoms with Crippen LogP contribution in [0.1, 0.15) is 72.9 Å². The maximum Gasteiger partial charge on any atom is 0.174 e. The minimum absolute atomic E-state index is 0.163. The molecule has 166 valence electrons. The van der Waals surface area contributed by atoms with Gasteiger partial charge in [0.05, 0.1) is 23.5 Å². The van der Waals surface area contributed by atoms with Gasteiger partial charge >= 0.3 is 0 Å². The minimum Gasteiger partial charge on any atom is -0.351 e. The number of thiocarbonyl (C=S) groups is 1. The lowest BCUT2D eigenvalue weighted by atomic mass is 9.94. The van der Waals surface area contributed by atoms with E-state index in [0.29, 0.717) is 16.8 Å². The van der Waals surface area contributed by atoms with Crippen molar-refractivity contribution >= 4 is 23.0 Å². The highest BCUT2D eigenvalue weighted by Crippen LogP contribution is 2.45.